The molecule has 0 saturated carbocycles. The lowest BCUT2D eigenvalue weighted by atomic mass is 10.1. The van der Waals surface area contributed by atoms with Gasteiger partial charge < -0.3 is 14.4 Å². The monoisotopic (exact) mass is 457 g/mol. The predicted molar refractivity (Wildman–Crippen MR) is 126 cm³/mol. The van der Waals surface area contributed by atoms with E-state index in [9.17, 15) is 14.0 Å². The number of amides is 2. The van der Waals surface area contributed by atoms with E-state index in [0.717, 1.165) is 5.56 Å². The highest BCUT2D eigenvalue weighted by atomic mass is 19.1. The maximum absolute atomic E-state index is 13.5. The predicted octanol–water partition coefficient (Wildman–Crippen LogP) is 3.71. The molecule has 172 valence electrons. The number of hydrogen-bond donors (Lipinski definition) is 0. The van der Waals surface area contributed by atoms with Crippen molar-refractivity contribution in [3.05, 3.63) is 102 Å². The lowest BCUT2D eigenvalue weighted by Gasteiger charge is -2.34. The molecule has 2 aromatic heterocycles. The van der Waals surface area contributed by atoms with E-state index in [1.807, 2.05) is 60.3 Å². The Morgan fingerprint density at radius 3 is 2.03 bits per heavy atom. The molecular weight excluding hydrogens is 433 g/mol. The molecule has 2 aromatic carbocycles. The van der Waals surface area contributed by atoms with Crippen molar-refractivity contribution in [2.45, 2.75) is 6.92 Å². The van der Waals surface area contributed by atoms with Crippen LogP contribution in [0.15, 0.2) is 79.3 Å². The summed E-state index contributed by atoms with van der Waals surface area (Å²) in [6, 6.07) is 17.2. The second-order valence-corrected chi connectivity index (χ2v) is 8.31. The van der Waals surface area contributed by atoms with Crippen LogP contribution in [0, 0.1) is 12.7 Å². The van der Waals surface area contributed by atoms with Crippen LogP contribution >= 0.6 is 0 Å². The highest BCUT2D eigenvalue weighted by molar-refractivity contribution is 5.98. The smallest absolute Gasteiger partial charge is 0.259 e. The third kappa shape index (κ3) is 4.10. The van der Waals surface area contributed by atoms with E-state index in [-0.39, 0.29) is 17.6 Å². The maximum atomic E-state index is 13.5. The molecule has 3 heterocycles. The number of halogens is 1. The molecular formula is C26H24FN5O2. The first kappa shape index (κ1) is 21.6. The van der Waals surface area contributed by atoms with Crippen molar-refractivity contribution in [3.63, 3.8) is 0 Å². The van der Waals surface area contributed by atoms with Gasteiger partial charge in [0.25, 0.3) is 11.8 Å². The summed E-state index contributed by atoms with van der Waals surface area (Å²) in [6.07, 6.45) is 5.23. The zero-order valence-electron chi connectivity index (χ0n) is 18.8. The number of carbonyl (C=O) groups excluding carboxylic acids is 2. The van der Waals surface area contributed by atoms with Gasteiger partial charge in [0.1, 0.15) is 11.4 Å². The van der Waals surface area contributed by atoms with Crippen LogP contribution in [-0.2, 0) is 0 Å². The van der Waals surface area contributed by atoms with Crippen LogP contribution in [0.5, 0.6) is 0 Å². The molecule has 8 heteroatoms. The van der Waals surface area contributed by atoms with Gasteiger partial charge in [0.2, 0.25) is 0 Å². The number of nitrogens with zero attached hydrogens (tertiary/aromatic N) is 5. The molecule has 34 heavy (non-hydrogen) atoms. The van der Waals surface area contributed by atoms with Gasteiger partial charge in [-0.05, 0) is 55.5 Å². The van der Waals surface area contributed by atoms with Gasteiger partial charge in [-0.15, -0.1) is 0 Å². The van der Waals surface area contributed by atoms with Gasteiger partial charge in [0.05, 0.1) is 11.9 Å². The van der Waals surface area contributed by atoms with Gasteiger partial charge in [0, 0.05) is 44.1 Å². The first-order valence-corrected chi connectivity index (χ1v) is 11.1. The van der Waals surface area contributed by atoms with Crippen molar-refractivity contribution in [2.24, 2.45) is 0 Å². The molecule has 1 aliphatic heterocycles. The lowest BCUT2D eigenvalue weighted by Crippen LogP contribution is -2.50. The van der Waals surface area contributed by atoms with Gasteiger partial charge >= 0.3 is 0 Å². The average molecular weight is 458 g/mol. The molecule has 1 fully saturated rings. The molecule has 0 N–H and O–H groups in total. The Hall–Kier alpha value is -4.20. The Kier molecular flexibility index (Phi) is 5.71. The molecule has 1 aliphatic rings. The number of piperazine rings is 1. The third-order valence-electron chi connectivity index (χ3n) is 6.05. The standard InChI is InChI=1S/C26H24FN5O2/c1-19-4-6-20(7-5-19)25(33)30-14-16-31(17-15-30)26(34)23-18-28-32(22-10-8-21(27)9-11-22)24(23)29-12-2-3-13-29/h2-13,18H,14-17H2,1H3. The van der Waals surface area contributed by atoms with Crippen molar-refractivity contribution < 1.29 is 14.0 Å². The molecule has 4 aromatic rings. The van der Waals surface area contributed by atoms with Crippen molar-refractivity contribution in [1.29, 1.82) is 0 Å². The second kappa shape index (κ2) is 8.97. The van der Waals surface area contributed by atoms with Crippen LogP contribution in [0.3, 0.4) is 0 Å². The minimum Gasteiger partial charge on any atom is -0.335 e. The molecule has 0 atom stereocenters. The fourth-order valence-electron chi connectivity index (χ4n) is 4.15. The van der Waals surface area contributed by atoms with Gasteiger partial charge in [-0.1, -0.05) is 17.7 Å². The Bertz CT molecular complexity index is 1300. The topological polar surface area (TPSA) is 63.4 Å². The summed E-state index contributed by atoms with van der Waals surface area (Å²) >= 11 is 0. The zero-order valence-corrected chi connectivity index (χ0v) is 18.8. The van der Waals surface area contributed by atoms with Crippen LogP contribution in [-0.4, -0.2) is 62.1 Å². The molecule has 5 rings (SSSR count). The van der Waals surface area contributed by atoms with Crippen LogP contribution in [0.4, 0.5) is 4.39 Å². The number of carbonyl (C=O) groups is 2. The normalized spacial score (nSPS) is 13.8. The van der Waals surface area contributed by atoms with Crippen molar-refractivity contribution >= 4 is 11.8 Å². The number of rotatable bonds is 4. The third-order valence-corrected chi connectivity index (χ3v) is 6.05. The van der Waals surface area contributed by atoms with Crippen molar-refractivity contribution in [3.8, 4) is 11.5 Å². The summed E-state index contributed by atoms with van der Waals surface area (Å²) in [5, 5.41) is 4.44. The number of aryl methyl sites for hydroxylation is 1. The molecule has 0 spiro atoms. The first-order valence-electron chi connectivity index (χ1n) is 11.1. The van der Waals surface area contributed by atoms with E-state index in [1.165, 1.54) is 12.1 Å². The Labute approximate surface area is 196 Å². The van der Waals surface area contributed by atoms with Gasteiger partial charge in [0.15, 0.2) is 5.82 Å². The van der Waals surface area contributed by atoms with Crippen LogP contribution in [0.1, 0.15) is 26.3 Å². The van der Waals surface area contributed by atoms with E-state index >= 15 is 0 Å². The largest absolute Gasteiger partial charge is 0.335 e. The molecule has 0 aliphatic carbocycles. The fourth-order valence-corrected chi connectivity index (χ4v) is 4.15. The van der Waals surface area contributed by atoms with Crippen LogP contribution in [0.25, 0.3) is 11.5 Å². The Balaban J connectivity index is 1.37. The summed E-state index contributed by atoms with van der Waals surface area (Å²) in [4.78, 5) is 29.9. The maximum Gasteiger partial charge on any atom is 0.259 e. The minimum absolute atomic E-state index is 0.0238. The van der Waals surface area contributed by atoms with E-state index in [0.29, 0.717) is 48.8 Å². The van der Waals surface area contributed by atoms with Crippen molar-refractivity contribution in [2.75, 3.05) is 26.2 Å². The molecule has 1 saturated heterocycles. The van der Waals surface area contributed by atoms with Gasteiger partial charge in [-0.2, -0.15) is 5.10 Å². The first-order chi connectivity index (χ1) is 16.5. The van der Waals surface area contributed by atoms with Gasteiger partial charge in [-0.3, -0.25) is 9.59 Å². The van der Waals surface area contributed by atoms with E-state index in [2.05, 4.69) is 5.10 Å². The SMILES string of the molecule is Cc1ccc(C(=O)N2CCN(C(=O)c3cnn(-c4ccc(F)cc4)c3-n3cccc3)CC2)cc1. The molecule has 0 radical (unpaired) electrons. The molecule has 0 bridgehead atoms. The minimum atomic E-state index is -0.340. The van der Waals surface area contributed by atoms with E-state index in [1.54, 1.807) is 32.8 Å². The summed E-state index contributed by atoms with van der Waals surface area (Å²) in [5.74, 6) is 0.0660. The second-order valence-electron chi connectivity index (χ2n) is 8.31. The van der Waals surface area contributed by atoms with E-state index < -0.39 is 0 Å². The van der Waals surface area contributed by atoms with Gasteiger partial charge in [-0.25, -0.2) is 9.07 Å². The van der Waals surface area contributed by atoms with Crippen LogP contribution in [0.2, 0.25) is 0 Å². The highest BCUT2D eigenvalue weighted by Crippen LogP contribution is 2.22. The number of aromatic nitrogens is 3. The number of benzene rings is 2. The molecule has 0 unspecified atom stereocenters. The summed E-state index contributed by atoms with van der Waals surface area (Å²) in [5.41, 5.74) is 2.85. The Morgan fingerprint density at radius 1 is 0.824 bits per heavy atom. The molecule has 2 amide bonds. The molecule has 7 nitrogen and oxygen atoms in total. The summed E-state index contributed by atoms with van der Waals surface area (Å²) in [6.45, 7) is 3.78. The fraction of sp³-hybridized carbons (Fsp3) is 0.192. The summed E-state index contributed by atoms with van der Waals surface area (Å²) < 4.78 is 16.9. The number of hydrogen-bond acceptors (Lipinski definition) is 3. The zero-order chi connectivity index (χ0) is 23.7. The average Bonchev–Trinajstić information content (AvgIpc) is 3.54. The Morgan fingerprint density at radius 2 is 1.41 bits per heavy atom. The van der Waals surface area contributed by atoms with E-state index in [4.69, 9.17) is 0 Å². The summed E-state index contributed by atoms with van der Waals surface area (Å²) in [7, 11) is 0. The van der Waals surface area contributed by atoms with Crippen LogP contribution < -0.4 is 0 Å². The highest BCUT2D eigenvalue weighted by Gasteiger charge is 2.29. The lowest BCUT2D eigenvalue weighted by molar-refractivity contribution is 0.0535. The quantitative estimate of drug-likeness (QED) is 0.469. The van der Waals surface area contributed by atoms with Crippen molar-refractivity contribution in [1.82, 2.24) is 24.1 Å².